The highest BCUT2D eigenvalue weighted by atomic mass is 79.9. The zero-order chi connectivity index (χ0) is 10.0. The lowest BCUT2D eigenvalue weighted by Crippen LogP contribution is -1.96. The van der Waals surface area contributed by atoms with Gasteiger partial charge in [-0.3, -0.25) is 10.1 Å². The van der Waals surface area contributed by atoms with Crippen LogP contribution in [0.1, 0.15) is 5.56 Å². The summed E-state index contributed by atoms with van der Waals surface area (Å²) in [6.07, 6.45) is 0. The zero-order valence-corrected chi connectivity index (χ0v) is 7.71. The molecule has 13 heavy (non-hydrogen) atoms. The lowest BCUT2D eigenvalue weighted by molar-refractivity contribution is -0.387. The Morgan fingerprint density at radius 2 is 2.23 bits per heavy atom. The molecule has 0 aliphatic carbocycles. The van der Waals surface area contributed by atoms with E-state index >= 15 is 0 Å². The zero-order valence-electron chi connectivity index (χ0n) is 6.12. The van der Waals surface area contributed by atoms with Gasteiger partial charge < -0.3 is 0 Å². The third kappa shape index (κ3) is 1.81. The summed E-state index contributed by atoms with van der Waals surface area (Å²) in [5.74, 6) is -1.02. The molecule has 1 aromatic rings. The van der Waals surface area contributed by atoms with Gasteiger partial charge in [-0.1, -0.05) is 15.9 Å². The Bertz CT molecular complexity index is 414. The Morgan fingerprint density at radius 1 is 1.62 bits per heavy atom. The molecule has 1 aromatic carbocycles. The summed E-state index contributed by atoms with van der Waals surface area (Å²) >= 11 is 2.92. The van der Waals surface area contributed by atoms with Crippen molar-refractivity contribution in [1.82, 2.24) is 0 Å². The lowest BCUT2D eigenvalue weighted by atomic mass is 10.2. The Balaban J connectivity index is 3.50. The number of nitriles is 1. The lowest BCUT2D eigenvalue weighted by Gasteiger charge is -1.96. The molecule has 0 bridgehead atoms. The minimum atomic E-state index is -1.02. The van der Waals surface area contributed by atoms with Crippen molar-refractivity contribution in [3.05, 3.63) is 38.1 Å². The molecule has 6 heteroatoms. The summed E-state index contributed by atoms with van der Waals surface area (Å²) in [5, 5.41) is 18.8. The molecule has 0 aromatic heterocycles. The second-order valence-electron chi connectivity index (χ2n) is 2.15. The summed E-state index contributed by atoms with van der Waals surface area (Å²) in [5.41, 5.74) is -1.08. The van der Waals surface area contributed by atoms with Crippen LogP contribution in [0.4, 0.5) is 10.1 Å². The molecule has 66 valence electrons. The van der Waals surface area contributed by atoms with Gasteiger partial charge in [-0.15, -0.1) is 0 Å². The van der Waals surface area contributed by atoms with Crippen molar-refractivity contribution < 1.29 is 9.31 Å². The first kappa shape index (κ1) is 9.61. The first-order chi connectivity index (χ1) is 6.06. The minimum Gasteiger partial charge on any atom is -0.258 e. The number of nitrogens with zero attached hydrogens (tertiary/aromatic N) is 2. The fourth-order valence-corrected chi connectivity index (χ4v) is 1.27. The van der Waals surface area contributed by atoms with E-state index in [9.17, 15) is 14.5 Å². The second-order valence-corrected chi connectivity index (χ2v) is 3.07. The van der Waals surface area contributed by atoms with Gasteiger partial charge in [0.15, 0.2) is 0 Å². The average molecular weight is 245 g/mol. The van der Waals surface area contributed by atoms with Crippen molar-refractivity contribution in [2.24, 2.45) is 0 Å². The SMILES string of the molecule is N#Cc1cc(Br)cc(F)c1[N+](=O)[O-]. The van der Waals surface area contributed by atoms with Crippen LogP contribution < -0.4 is 0 Å². The number of nitro benzene ring substituents is 1. The smallest absolute Gasteiger partial charge is 0.258 e. The van der Waals surface area contributed by atoms with E-state index in [1.165, 1.54) is 6.07 Å². The molecule has 1 rings (SSSR count). The Labute approximate surface area is 80.9 Å². The quantitative estimate of drug-likeness (QED) is 0.563. The maximum absolute atomic E-state index is 12.9. The highest BCUT2D eigenvalue weighted by Crippen LogP contribution is 2.25. The minimum absolute atomic E-state index is 0.295. The van der Waals surface area contributed by atoms with E-state index in [-0.39, 0.29) is 5.56 Å². The van der Waals surface area contributed by atoms with Crippen LogP contribution in [0.3, 0.4) is 0 Å². The highest BCUT2D eigenvalue weighted by molar-refractivity contribution is 9.10. The molecule has 0 spiro atoms. The second kappa shape index (κ2) is 3.49. The van der Waals surface area contributed by atoms with Gasteiger partial charge in [0.05, 0.1) is 4.92 Å². The van der Waals surface area contributed by atoms with E-state index in [1.807, 2.05) is 0 Å². The van der Waals surface area contributed by atoms with Gasteiger partial charge in [-0.05, 0) is 12.1 Å². The molecule has 0 atom stereocenters. The predicted octanol–water partition coefficient (Wildman–Crippen LogP) is 2.37. The van der Waals surface area contributed by atoms with Gasteiger partial charge in [0.25, 0.3) is 0 Å². The van der Waals surface area contributed by atoms with E-state index in [4.69, 9.17) is 5.26 Å². The number of hydrogen-bond donors (Lipinski definition) is 0. The van der Waals surface area contributed by atoms with E-state index < -0.39 is 16.4 Å². The van der Waals surface area contributed by atoms with Gasteiger partial charge in [0, 0.05) is 4.47 Å². The van der Waals surface area contributed by atoms with Crippen molar-refractivity contribution in [3.8, 4) is 6.07 Å². The molecular weight excluding hydrogens is 243 g/mol. The summed E-state index contributed by atoms with van der Waals surface area (Å²) in [6, 6.07) is 3.69. The topological polar surface area (TPSA) is 66.9 Å². The molecular formula is C7H2BrFN2O2. The van der Waals surface area contributed by atoms with E-state index in [0.717, 1.165) is 6.07 Å². The van der Waals surface area contributed by atoms with Crippen LogP contribution in [-0.2, 0) is 0 Å². The van der Waals surface area contributed by atoms with Crippen molar-refractivity contribution >= 4 is 21.6 Å². The summed E-state index contributed by atoms with van der Waals surface area (Å²) in [4.78, 5) is 9.40. The van der Waals surface area contributed by atoms with Crippen LogP contribution in [0.5, 0.6) is 0 Å². The monoisotopic (exact) mass is 244 g/mol. The fourth-order valence-electron chi connectivity index (χ4n) is 0.837. The van der Waals surface area contributed by atoms with Crippen molar-refractivity contribution in [3.63, 3.8) is 0 Å². The van der Waals surface area contributed by atoms with E-state index in [2.05, 4.69) is 15.9 Å². The van der Waals surface area contributed by atoms with Gasteiger partial charge >= 0.3 is 5.69 Å². The Hall–Kier alpha value is -1.48. The molecule has 0 aliphatic rings. The van der Waals surface area contributed by atoms with E-state index in [0.29, 0.717) is 4.47 Å². The molecule has 0 aliphatic heterocycles. The van der Waals surface area contributed by atoms with Crippen molar-refractivity contribution in [2.45, 2.75) is 0 Å². The van der Waals surface area contributed by atoms with Crippen LogP contribution in [0.2, 0.25) is 0 Å². The van der Waals surface area contributed by atoms with Gasteiger partial charge in [0.2, 0.25) is 5.82 Å². The number of hydrogen-bond acceptors (Lipinski definition) is 3. The highest BCUT2D eigenvalue weighted by Gasteiger charge is 2.20. The Kier molecular flexibility index (Phi) is 2.58. The first-order valence-electron chi connectivity index (χ1n) is 3.10. The van der Waals surface area contributed by atoms with Crippen LogP contribution in [-0.4, -0.2) is 4.92 Å². The fraction of sp³-hybridized carbons (Fsp3) is 0. The van der Waals surface area contributed by atoms with Crippen molar-refractivity contribution in [2.75, 3.05) is 0 Å². The summed E-state index contributed by atoms with van der Waals surface area (Å²) in [7, 11) is 0. The predicted molar refractivity (Wildman–Crippen MR) is 45.5 cm³/mol. The maximum Gasteiger partial charge on any atom is 0.322 e. The number of halogens is 2. The van der Waals surface area contributed by atoms with Crippen LogP contribution in [0, 0.1) is 27.3 Å². The molecule has 0 radical (unpaired) electrons. The van der Waals surface area contributed by atoms with Gasteiger partial charge in [-0.25, -0.2) is 0 Å². The number of rotatable bonds is 1. The largest absolute Gasteiger partial charge is 0.322 e. The molecule has 0 fully saturated rings. The molecule has 0 N–H and O–H groups in total. The molecule has 4 nitrogen and oxygen atoms in total. The van der Waals surface area contributed by atoms with Crippen LogP contribution in [0.15, 0.2) is 16.6 Å². The number of benzene rings is 1. The van der Waals surface area contributed by atoms with Gasteiger partial charge in [0.1, 0.15) is 11.6 Å². The third-order valence-electron chi connectivity index (χ3n) is 1.33. The first-order valence-corrected chi connectivity index (χ1v) is 3.89. The normalized spacial score (nSPS) is 9.31. The van der Waals surface area contributed by atoms with Crippen LogP contribution >= 0.6 is 15.9 Å². The summed E-state index contributed by atoms with van der Waals surface area (Å²) < 4.78 is 13.2. The Morgan fingerprint density at radius 3 is 2.69 bits per heavy atom. The molecule has 0 unspecified atom stereocenters. The van der Waals surface area contributed by atoms with Gasteiger partial charge in [-0.2, -0.15) is 9.65 Å². The summed E-state index contributed by atoms with van der Waals surface area (Å²) in [6.45, 7) is 0. The van der Waals surface area contributed by atoms with Crippen molar-refractivity contribution in [1.29, 1.82) is 5.26 Å². The van der Waals surface area contributed by atoms with Crippen LogP contribution in [0.25, 0.3) is 0 Å². The molecule has 0 heterocycles. The average Bonchev–Trinajstić information content (AvgIpc) is 2.01. The van der Waals surface area contributed by atoms with E-state index in [1.54, 1.807) is 6.07 Å². The number of nitro groups is 1. The standard InChI is InChI=1S/C7H2BrFN2O2/c8-5-1-4(3-10)7(11(12)13)6(9)2-5/h1-2H. The molecule has 0 amide bonds. The maximum atomic E-state index is 12.9. The molecule has 0 saturated heterocycles. The molecule has 0 saturated carbocycles. The third-order valence-corrected chi connectivity index (χ3v) is 1.79.